The Labute approximate surface area is 107 Å². The Morgan fingerprint density at radius 2 is 2.19 bits per heavy atom. The quantitative estimate of drug-likeness (QED) is 0.886. The predicted molar refractivity (Wildman–Crippen MR) is 76.5 cm³/mol. The first-order valence-corrected chi connectivity index (χ1v) is 8.01. The lowest BCUT2D eigenvalue weighted by atomic mass is 10.1. The third-order valence-electron chi connectivity index (χ3n) is 2.83. The maximum absolute atomic E-state index is 3.58. The molecule has 1 saturated heterocycles. The number of thioether (sulfide) groups is 2. The van der Waals surface area contributed by atoms with Crippen LogP contribution in [0.4, 0.5) is 0 Å². The van der Waals surface area contributed by atoms with Gasteiger partial charge in [-0.2, -0.15) is 23.5 Å². The fourth-order valence-corrected chi connectivity index (χ4v) is 4.48. The van der Waals surface area contributed by atoms with Crippen molar-refractivity contribution in [2.24, 2.45) is 0 Å². The SMILES string of the molecule is Cc1ccccc1CNCC1CSCCS1. The summed E-state index contributed by atoms with van der Waals surface area (Å²) in [5.41, 5.74) is 2.82. The van der Waals surface area contributed by atoms with Crippen molar-refractivity contribution >= 4 is 23.5 Å². The summed E-state index contributed by atoms with van der Waals surface area (Å²) >= 11 is 4.21. The van der Waals surface area contributed by atoms with E-state index in [1.807, 2.05) is 0 Å². The molecule has 0 bridgehead atoms. The van der Waals surface area contributed by atoms with E-state index in [0.29, 0.717) is 0 Å². The van der Waals surface area contributed by atoms with Gasteiger partial charge in [-0.1, -0.05) is 24.3 Å². The van der Waals surface area contributed by atoms with Gasteiger partial charge in [-0.3, -0.25) is 0 Å². The summed E-state index contributed by atoms with van der Waals surface area (Å²) in [6.07, 6.45) is 0. The summed E-state index contributed by atoms with van der Waals surface area (Å²) in [7, 11) is 0. The maximum atomic E-state index is 3.58. The highest BCUT2D eigenvalue weighted by atomic mass is 32.2. The Bertz CT molecular complexity index is 321. The van der Waals surface area contributed by atoms with Crippen molar-refractivity contribution in [3.8, 4) is 0 Å². The third-order valence-corrected chi connectivity index (χ3v) is 5.68. The van der Waals surface area contributed by atoms with Crippen molar-refractivity contribution in [3.05, 3.63) is 35.4 Å². The molecule has 1 nitrogen and oxygen atoms in total. The van der Waals surface area contributed by atoms with E-state index in [2.05, 4.69) is 60.0 Å². The Hall–Kier alpha value is -0.120. The molecule has 0 saturated carbocycles. The second-order valence-electron chi connectivity index (χ2n) is 4.13. The average Bonchev–Trinajstić information content (AvgIpc) is 2.33. The van der Waals surface area contributed by atoms with E-state index in [1.54, 1.807) is 0 Å². The van der Waals surface area contributed by atoms with Crippen LogP contribution in [0.3, 0.4) is 0 Å². The van der Waals surface area contributed by atoms with Crippen molar-refractivity contribution in [2.45, 2.75) is 18.7 Å². The molecule has 3 heteroatoms. The molecule has 1 N–H and O–H groups in total. The minimum absolute atomic E-state index is 0.808. The van der Waals surface area contributed by atoms with Crippen LogP contribution in [0, 0.1) is 6.92 Å². The van der Waals surface area contributed by atoms with Gasteiger partial charge in [0, 0.05) is 35.6 Å². The monoisotopic (exact) mass is 253 g/mol. The van der Waals surface area contributed by atoms with Crippen LogP contribution in [0.2, 0.25) is 0 Å². The second kappa shape index (κ2) is 6.58. The predicted octanol–water partition coefficient (Wildman–Crippen LogP) is 2.93. The van der Waals surface area contributed by atoms with Gasteiger partial charge in [0.1, 0.15) is 0 Å². The molecule has 1 aromatic rings. The van der Waals surface area contributed by atoms with Crippen molar-refractivity contribution in [1.29, 1.82) is 0 Å². The molecule has 1 fully saturated rings. The molecule has 1 atom stereocenters. The fraction of sp³-hybridized carbons (Fsp3) is 0.538. The summed E-state index contributed by atoms with van der Waals surface area (Å²) in [4.78, 5) is 0. The summed E-state index contributed by atoms with van der Waals surface area (Å²) in [5.74, 6) is 3.96. The third kappa shape index (κ3) is 3.72. The molecule has 0 aromatic heterocycles. The average molecular weight is 253 g/mol. The van der Waals surface area contributed by atoms with Crippen LogP contribution in [0.1, 0.15) is 11.1 Å². The highest BCUT2D eigenvalue weighted by Crippen LogP contribution is 2.23. The van der Waals surface area contributed by atoms with E-state index in [4.69, 9.17) is 0 Å². The molecule has 16 heavy (non-hydrogen) atoms. The zero-order valence-corrected chi connectivity index (χ0v) is 11.4. The summed E-state index contributed by atoms with van der Waals surface area (Å²) < 4.78 is 0. The topological polar surface area (TPSA) is 12.0 Å². The van der Waals surface area contributed by atoms with Crippen molar-refractivity contribution in [2.75, 3.05) is 23.8 Å². The van der Waals surface area contributed by atoms with Gasteiger partial charge in [-0.25, -0.2) is 0 Å². The van der Waals surface area contributed by atoms with Crippen molar-refractivity contribution in [3.63, 3.8) is 0 Å². The van der Waals surface area contributed by atoms with Gasteiger partial charge in [-0.05, 0) is 18.1 Å². The highest BCUT2D eigenvalue weighted by molar-refractivity contribution is 8.06. The van der Waals surface area contributed by atoms with Crippen LogP contribution in [0.15, 0.2) is 24.3 Å². The molecule has 1 unspecified atom stereocenters. The minimum atomic E-state index is 0.808. The van der Waals surface area contributed by atoms with Crippen LogP contribution in [-0.2, 0) is 6.54 Å². The number of aryl methyl sites for hydroxylation is 1. The van der Waals surface area contributed by atoms with Crippen LogP contribution in [-0.4, -0.2) is 29.1 Å². The van der Waals surface area contributed by atoms with Gasteiger partial charge < -0.3 is 5.32 Å². The normalized spacial score (nSPS) is 20.9. The lowest BCUT2D eigenvalue weighted by molar-refractivity contribution is 0.684. The molecule has 0 amide bonds. The first kappa shape index (κ1) is 12.3. The fourth-order valence-electron chi connectivity index (χ4n) is 1.83. The van der Waals surface area contributed by atoms with Gasteiger partial charge in [0.2, 0.25) is 0 Å². The summed E-state index contributed by atoms with van der Waals surface area (Å²) in [6, 6.07) is 8.62. The van der Waals surface area contributed by atoms with Gasteiger partial charge in [0.05, 0.1) is 0 Å². The van der Waals surface area contributed by atoms with Gasteiger partial charge in [0.25, 0.3) is 0 Å². The molecule has 0 aliphatic carbocycles. The second-order valence-corrected chi connectivity index (χ2v) is 6.68. The molecular weight excluding hydrogens is 234 g/mol. The number of hydrogen-bond donors (Lipinski definition) is 1. The zero-order chi connectivity index (χ0) is 11.2. The van der Waals surface area contributed by atoms with Gasteiger partial charge in [-0.15, -0.1) is 0 Å². The standard InChI is InChI=1S/C13H19NS2/c1-11-4-2-3-5-12(11)8-14-9-13-10-15-6-7-16-13/h2-5,13-14H,6-10H2,1H3. The van der Waals surface area contributed by atoms with E-state index in [1.165, 1.54) is 28.4 Å². The maximum Gasteiger partial charge on any atom is 0.0263 e. The number of rotatable bonds is 4. The van der Waals surface area contributed by atoms with Crippen LogP contribution >= 0.6 is 23.5 Å². The molecule has 88 valence electrons. The van der Waals surface area contributed by atoms with E-state index >= 15 is 0 Å². The van der Waals surface area contributed by atoms with Crippen LogP contribution < -0.4 is 5.32 Å². The van der Waals surface area contributed by atoms with Gasteiger partial charge in [0.15, 0.2) is 0 Å². The molecule has 1 heterocycles. The zero-order valence-electron chi connectivity index (χ0n) is 9.74. The molecule has 0 spiro atoms. The number of benzene rings is 1. The summed E-state index contributed by atoms with van der Waals surface area (Å²) in [6.45, 7) is 4.34. The van der Waals surface area contributed by atoms with Crippen molar-refractivity contribution in [1.82, 2.24) is 5.32 Å². The molecule has 1 aliphatic heterocycles. The molecular formula is C13H19NS2. The van der Waals surface area contributed by atoms with Crippen LogP contribution in [0.25, 0.3) is 0 Å². The van der Waals surface area contributed by atoms with E-state index < -0.39 is 0 Å². The van der Waals surface area contributed by atoms with Crippen LogP contribution in [0.5, 0.6) is 0 Å². The molecule has 1 aromatic carbocycles. The molecule has 1 aliphatic rings. The Balaban J connectivity index is 1.73. The Morgan fingerprint density at radius 1 is 1.31 bits per heavy atom. The first-order chi connectivity index (χ1) is 7.86. The minimum Gasteiger partial charge on any atom is -0.312 e. The van der Waals surface area contributed by atoms with E-state index in [-0.39, 0.29) is 0 Å². The molecule has 0 radical (unpaired) electrons. The van der Waals surface area contributed by atoms with E-state index in [9.17, 15) is 0 Å². The first-order valence-electron chi connectivity index (χ1n) is 5.81. The highest BCUT2D eigenvalue weighted by Gasteiger charge is 2.13. The molecule has 2 rings (SSSR count). The lowest BCUT2D eigenvalue weighted by Crippen LogP contribution is -2.28. The lowest BCUT2D eigenvalue weighted by Gasteiger charge is -2.21. The smallest absolute Gasteiger partial charge is 0.0263 e. The van der Waals surface area contributed by atoms with Gasteiger partial charge >= 0.3 is 0 Å². The van der Waals surface area contributed by atoms with E-state index in [0.717, 1.165) is 18.3 Å². The number of nitrogens with one attached hydrogen (secondary N) is 1. The Kier molecular flexibility index (Phi) is 5.07. The summed E-state index contributed by atoms with van der Waals surface area (Å²) in [5, 5.41) is 4.39. The van der Waals surface area contributed by atoms with Crippen molar-refractivity contribution < 1.29 is 0 Å². The number of hydrogen-bond acceptors (Lipinski definition) is 3. The largest absolute Gasteiger partial charge is 0.312 e. The Morgan fingerprint density at radius 3 is 2.94 bits per heavy atom.